The molecule has 1 N–H and O–H groups in total. The first-order valence-electron chi connectivity index (χ1n) is 6.31. The van der Waals surface area contributed by atoms with E-state index in [2.05, 4.69) is 43.2 Å². The van der Waals surface area contributed by atoms with Gasteiger partial charge in [-0.1, -0.05) is 43.6 Å². The van der Waals surface area contributed by atoms with Crippen LogP contribution in [0.4, 0.5) is 0 Å². The van der Waals surface area contributed by atoms with Crippen molar-refractivity contribution in [2.24, 2.45) is 5.92 Å². The van der Waals surface area contributed by atoms with Gasteiger partial charge in [0.05, 0.1) is 6.10 Å². The Morgan fingerprint density at radius 3 is 2.71 bits per heavy atom. The molecule has 17 heavy (non-hydrogen) atoms. The van der Waals surface area contributed by atoms with E-state index in [1.165, 1.54) is 11.3 Å². The van der Waals surface area contributed by atoms with E-state index in [-0.39, 0.29) is 6.10 Å². The summed E-state index contributed by atoms with van der Waals surface area (Å²) >= 11 is 1.53. The van der Waals surface area contributed by atoms with Gasteiger partial charge >= 0.3 is 0 Å². The highest BCUT2D eigenvalue weighted by Crippen LogP contribution is 2.20. The van der Waals surface area contributed by atoms with Crippen molar-refractivity contribution in [2.75, 3.05) is 6.54 Å². The fourth-order valence-electron chi connectivity index (χ4n) is 1.46. The molecule has 1 aromatic rings. The van der Waals surface area contributed by atoms with Crippen LogP contribution in [0, 0.1) is 5.92 Å². The average molecular weight is 257 g/mol. The molecule has 0 aliphatic rings. The second-order valence-electron chi connectivity index (χ2n) is 4.70. The highest BCUT2D eigenvalue weighted by molar-refractivity contribution is 7.13. The zero-order chi connectivity index (χ0) is 12.7. The normalized spacial score (nSPS) is 13.0. The Morgan fingerprint density at radius 2 is 2.06 bits per heavy atom. The summed E-state index contributed by atoms with van der Waals surface area (Å²) in [5.74, 6) is 0.656. The predicted octanol–water partition coefficient (Wildman–Crippen LogP) is 2.85. The highest BCUT2D eigenvalue weighted by atomic mass is 32.1. The maximum atomic E-state index is 5.68. The molecule has 4 nitrogen and oxygen atoms in total. The summed E-state index contributed by atoms with van der Waals surface area (Å²) in [5.41, 5.74) is 0. The average Bonchev–Trinajstić information content (AvgIpc) is 2.65. The van der Waals surface area contributed by atoms with Gasteiger partial charge in [0.25, 0.3) is 5.19 Å². The molecule has 5 heteroatoms. The fraction of sp³-hybridized carbons (Fsp3) is 0.833. The number of ether oxygens (including phenoxy) is 1. The molecule has 1 aromatic heterocycles. The van der Waals surface area contributed by atoms with Gasteiger partial charge in [0.15, 0.2) is 0 Å². The molecule has 0 saturated heterocycles. The van der Waals surface area contributed by atoms with Crippen LogP contribution in [-0.2, 0) is 6.54 Å². The maximum absolute atomic E-state index is 5.68. The number of nitrogens with zero attached hydrogens (tertiary/aromatic N) is 2. The molecule has 0 saturated carbocycles. The highest BCUT2D eigenvalue weighted by Gasteiger charge is 2.08. The third-order valence-corrected chi connectivity index (χ3v) is 3.09. The monoisotopic (exact) mass is 257 g/mol. The van der Waals surface area contributed by atoms with Crippen molar-refractivity contribution in [2.45, 2.75) is 53.2 Å². The molecular weight excluding hydrogens is 234 g/mol. The largest absolute Gasteiger partial charge is 0.466 e. The fourth-order valence-corrected chi connectivity index (χ4v) is 2.21. The van der Waals surface area contributed by atoms with Crippen molar-refractivity contribution < 1.29 is 4.74 Å². The van der Waals surface area contributed by atoms with Crippen molar-refractivity contribution >= 4 is 11.3 Å². The van der Waals surface area contributed by atoms with Crippen LogP contribution >= 0.6 is 11.3 Å². The van der Waals surface area contributed by atoms with Crippen LogP contribution in [0.15, 0.2) is 0 Å². The first-order valence-corrected chi connectivity index (χ1v) is 7.13. The molecule has 1 unspecified atom stereocenters. The Kier molecular flexibility index (Phi) is 6.44. The van der Waals surface area contributed by atoms with Crippen LogP contribution in [0.1, 0.15) is 45.5 Å². The van der Waals surface area contributed by atoms with E-state index in [1.54, 1.807) is 0 Å². The van der Waals surface area contributed by atoms with Gasteiger partial charge in [-0.2, -0.15) is 0 Å². The molecule has 0 aliphatic heterocycles. The van der Waals surface area contributed by atoms with Gasteiger partial charge in [-0.15, -0.1) is 5.10 Å². The summed E-state index contributed by atoms with van der Waals surface area (Å²) in [6, 6.07) is 0. The third kappa shape index (κ3) is 5.98. The number of aromatic nitrogens is 2. The molecule has 1 heterocycles. The van der Waals surface area contributed by atoms with E-state index >= 15 is 0 Å². The number of hydrogen-bond acceptors (Lipinski definition) is 5. The Balaban J connectivity index is 2.32. The Labute approximate surface area is 108 Å². The van der Waals surface area contributed by atoms with E-state index in [0.29, 0.717) is 11.1 Å². The molecule has 0 bridgehead atoms. The molecule has 1 atom stereocenters. The molecule has 0 aromatic carbocycles. The van der Waals surface area contributed by atoms with E-state index in [9.17, 15) is 0 Å². The molecule has 0 aliphatic carbocycles. The predicted molar refractivity (Wildman–Crippen MR) is 71.5 cm³/mol. The lowest BCUT2D eigenvalue weighted by molar-refractivity contribution is 0.207. The SMILES string of the molecule is CCCC(C)Oc1nnc(CNCC(C)C)s1. The molecule has 0 fully saturated rings. The summed E-state index contributed by atoms with van der Waals surface area (Å²) in [6.07, 6.45) is 2.41. The summed E-state index contributed by atoms with van der Waals surface area (Å²) in [7, 11) is 0. The maximum Gasteiger partial charge on any atom is 0.294 e. The minimum absolute atomic E-state index is 0.226. The first kappa shape index (κ1) is 14.4. The molecule has 98 valence electrons. The Hall–Kier alpha value is -0.680. The minimum atomic E-state index is 0.226. The molecule has 0 amide bonds. The lowest BCUT2D eigenvalue weighted by atomic mass is 10.2. The van der Waals surface area contributed by atoms with Crippen LogP contribution in [0.5, 0.6) is 5.19 Å². The van der Waals surface area contributed by atoms with E-state index in [4.69, 9.17) is 4.74 Å². The van der Waals surface area contributed by atoms with E-state index < -0.39 is 0 Å². The van der Waals surface area contributed by atoms with Gasteiger partial charge in [-0.05, 0) is 25.8 Å². The molecular formula is C12H23N3OS. The van der Waals surface area contributed by atoms with Crippen LogP contribution in [0.25, 0.3) is 0 Å². The smallest absolute Gasteiger partial charge is 0.294 e. The van der Waals surface area contributed by atoms with Crippen LogP contribution < -0.4 is 10.1 Å². The van der Waals surface area contributed by atoms with Crippen LogP contribution in [0.2, 0.25) is 0 Å². The van der Waals surface area contributed by atoms with Crippen molar-refractivity contribution in [3.63, 3.8) is 0 Å². The number of hydrogen-bond donors (Lipinski definition) is 1. The second-order valence-corrected chi connectivity index (χ2v) is 5.73. The molecule has 0 radical (unpaired) electrons. The van der Waals surface area contributed by atoms with Crippen molar-refractivity contribution in [3.05, 3.63) is 5.01 Å². The molecule has 0 spiro atoms. The quantitative estimate of drug-likeness (QED) is 0.778. The van der Waals surface area contributed by atoms with Gasteiger partial charge in [-0.25, -0.2) is 0 Å². The zero-order valence-electron chi connectivity index (χ0n) is 11.2. The van der Waals surface area contributed by atoms with Crippen molar-refractivity contribution in [1.29, 1.82) is 0 Å². The summed E-state index contributed by atoms with van der Waals surface area (Å²) in [5, 5.41) is 13.2. The van der Waals surface area contributed by atoms with Gasteiger partial charge < -0.3 is 10.1 Å². The standard InChI is InChI=1S/C12H23N3OS/c1-5-6-10(4)16-12-15-14-11(17-12)8-13-7-9(2)3/h9-10,13H,5-8H2,1-4H3. The lowest BCUT2D eigenvalue weighted by Crippen LogP contribution is -2.18. The van der Waals surface area contributed by atoms with Crippen molar-refractivity contribution in [3.8, 4) is 5.19 Å². The van der Waals surface area contributed by atoms with Crippen molar-refractivity contribution in [1.82, 2.24) is 15.5 Å². The van der Waals surface area contributed by atoms with Crippen LogP contribution in [0.3, 0.4) is 0 Å². The lowest BCUT2D eigenvalue weighted by Gasteiger charge is -2.09. The first-order chi connectivity index (χ1) is 8.11. The van der Waals surface area contributed by atoms with Crippen LogP contribution in [-0.4, -0.2) is 22.8 Å². The summed E-state index contributed by atoms with van der Waals surface area (Å²) in [6.45, 7) is 10.4. The summed E-state index contributed by atoms with van der Waals surface area (Å²) in [4.78, 5) is 0. The number of nitrogens with one attached hydrogen (secondary N) is 1. The number of rotatable bonds is 8. The zero-order valence-corrected chi connectivity index (χ0v) is 12.0. The Bertz CT molecular complexity index is 314. The summed E-state index contributed by atoms with van der Waals surface area (Å²) < 4.78 is 5.68. The van der Waals surface area contributed by atoms with E-state index in [0.717, 1.165) is 30.9 Å². The van der Waals surface area contributed by atoms with Gasteiger partial charge in [0.2, 0.25) is 0 Å². The molecule has 1 rings (SSSR count). The van der Waals surface area contributed by atoms with Gasteiger partial charge in [0, 0.05) is 6.54 Å². The third-order valence-electron chi connectivity index (χ3n) is 2.27. The topological polar surface area (TPSA) is 47.0 Å². The van der Waals surface area contributed by atoms with E-state index in [1.807, 2.05) is 0 Å². The Morgan fingerprint density at radius 1 is 1.29 bits per heavy atom. The van der Waals surface area contributed by atoms with Gasteiger partial charge in [-0.3, -0.25) is 0 Å². The van der Waals surface area contributed by atoms with Gasteiger partial charge in [0.1, 0.15) is 5.01 Å². The minimum Gasteiger partial charge on any atom is -0.466 e. The second kappa shape index (κ2) is 7.61.